The minimum Gasteiger partial charge on any atom is -0.381 e. The van der Waals surface area contributed by atoms with Gasteiger partial charge in [0.2, 0.25) is 5.91 Å². The molecule has 0 unspecified atom stereocenters. The van der Waals surface area contributed by atoms with E-state index in [2.05, 4.69) is 5.32 Å². The average molecular weight is 354 g/mol. The van der Waals surface area contributed by atoms with Gasteiger partial charge in [0.15, 0.2) is 0 Å². The highest BCUT2D eigenvalue weighted by Gasteiger charge is 2.26. The first-order valence-electron chi connectivity index (χ1n) is 10.1. The molecule has 25 heavy (non-hydrogen) atoms. The summed E-state index contributed by atoms with van der Waals surface area (Å²) >= 11 is 0. The molecule has 0 radical (unpaired) electrons. The SMILES string of the molecule is CCC(=O)C1CCC(NC(=O)CCCOC2CCC(OC)CC2)CC1. The maximum absolute atomic E-state index is 12.1. The predicted octanol–water partition coefficient (Wildman–Crippen LogP) is 3.39. The third-order valence-electron chi connectivity index (χ3n) is 5.75. The highest BCUT2D eigenvalue weighted by atomic mass is 16.5. The third kappa shape index (κ3) is 7.06. The van der Waals surface area contributed by atoms with Crippen LogP contribution in [0.4, 0.5) is 0 Å². The minimum absolute atomic E-state index is 0.122. The number of amides is 1. The average Bonchev–Trinajstić information content (AvgIpc) is 2.65. The monoisotopic (exact) mass is 353 g/mol. The smallest absolute Gasteiger partial charge is 0.220 e. The van der Waals surface area contributed by atoms with Crippen molar-refractivity contribution in [3.63, 3.8) is 0 Å². The Hall–Kier alpha value is -0.940. The first-order chi connectivity index (χ1) is 12.1. The lowest BCUT2D eigenvalue weighted by Gasteiger charge is -2.28. The molecule has 2 fully saturated rings. The summed E-state index contributed by atoms with van der Waals surface area (Å²) in [5.74, 6) is 0.721. The highest BCUT2D eigenvalue weighted by molar-refractivity contribution is 5.80. The lowest BCUT2D eigenvalue weighted by Crippen LogP contribution is -2.38. The first-order valence-corrected chi connectivity index (χ1v) is 10.1. The van der Waals surface area contributed by atoms with Crippen LogP contribution >= 0.6 is 0 Å². The van der Waals surface area contributed by atoms with Crippen LogP contribution in [0.2, 0.25) is 0 Å². The maximum atomic E-state index is 12.1. The van der Waals surface area contributed by atoms with Gasteiger partial charge in [0.05, 0.1) is 12.2 Å². The number of ketones is 1. The molecule has 0 aromatic carbocycles. The number of nitrogens with one attached hydrogen (secondary N) is 1. The summed E-state index contributed by atoms with van der Waals surface area (Å²) in [7, 11) is 1.78. The number of rotatable bonds is 9. The van der Waals surface area contributed by atoms with E-state index in [4.69, 9.17) is 9.47 Å². The van der Waals surface area contributed by atoms with Gasteiger partial charge in [-0.05, 0) is 57.8 Å². The van der Waals surface area contributed by atoms with Gasteiger partial charge in [0, 0.05) is 38.5 Å². The van der Waals surface area contributed by atoms with E-state index in [0.29, 0.717) is 37.4 Å². The Bertz CT molecular complexity index is 410. The molecule has 0 bridgehead atoms. The zero-order valence-corrected chi connectivity index (χ0v) is 15.9. The van der Waals surface area contributed by atoms with E-state index in [1.54, 1.807) is 7.11 Å². The summed E-state index contributed by atoms with van der Waals surface area (Å²) < 4.78 is 11.3. The van der Waals surface area contributed by atoms with Gasteiger partial charge >= 0.3 is 0 Å². The van der Waals surface area contributed by atoms with Crippen LogP contribution in [0, 0.1) is 5.92 Å². The number of carbonyl (C=O) groups is 2. The van der Waals surface area contributed by atoms with Crippen LogP contribution in [-0.2, 0) is 19.1 Å². The molecule has 144 valence electrons. The van der Waals surface area contributed by atoms with E-state index in [-0.39, 0.29) is 17.9 Å². The number of methoxy groups -OCH3 is 1. The van der Waals surface area contributed by atoms with Crippen LogP contribution in [0.15, 0.2) is 0 Å². The second-order valence-electron chi connectivity index (χ2n) is 7.54. The molecule has 0 atom stereocenters. The molecular formula is C20H35NO4. The molecule has 0 aliphatic heterocycles. The van der Waals surface area contributed by atoms with E-state index >= 15 is 0 Å². The van der Waals surface area contributed by atoms with Crippen molar-refractivity contribution in [3.8, 4) is 0 Å². The Morgan fingerprint density at radius 1 is 0.960 bits per heavy atom. The fraction of sp³-hybridized carbons (Fsp3) is 0.900. The number of carbonyl (C=O) groups excluding carboxylic acids is 2. The van der Waals surface area contributed by atoms with Gasteiger partial charge in [0.1, 0.15) is 5.78 Å². The molecule has 0 spiro atoms. The van der Waals surface area contributed by atoms with Crippen LogP contribution in [0.3, 0.4) is 0 Å². The molecular weight excluding hydrogens is 318 g/mol. The summed E-state index contributed by atoms with van der Waals surface area (Å²) in [5.41, 5.74) is 0. The van der Waals surface area contributed by atoms with E-state index in [1.165, 1.54) is 0 Å². The number of ether oxygens (including phenoxy) is 2. The van der Waals surface area contributed by atoms with Crippen molar-refractivity contribution in [1.29, 1.82) is 0 Å². The van der Waals surface area contributed by atoms with Crippen LogP contribution in [0.25, 0.3) is 0 Å². The third-order valence-corrected chi connectivity index (χ3v) is 5.75. The largest absolute Gasteiger partial charge is 0.381 e. The summed E-state index contributed by atoms with van der Waals surface area (Å²) in [4.78, 5) is 23.8. The Labute approximate surface area is 152 Å². The van der Waals surface area contributed by atoms with E-state index < -0.39 is 0 Å². The minimum atomic E-state index is 0.122. The standard InChI is InChI=1S/C20H35NO4/c1-3-19(22)15-6-8-16(9-7-15)21-20(23)5-4-14-25-18-12-10-17(24-2)11-13-18/h15-18H,3-14H2,1-2H3,(H,21,23). The van der Waals surface area contributed by atoms with Crippen molar-refractivity contribution < 1.29 is 19.1 Å². The normalized spacial score (nSPS) is 30.0. The Balaban J connectivity index is 1.51. The molecule has 1 N–H and O–H groups in total. The van der Waals surface area contributed by atoms with Crippen LogP contribution in [0.1, 0.15) is 77.6 Å². The quantitative estimate of drug-likeness (QED) is 0.645. The molecule has 0 heterocycles. The number of hydrogen-bond donors (Lipinski definition) is 1. The zero-order chi connectivity index (χ0) is 18.1. The van der Waals surface area contributed by atoms with Crippen LogP contribution < -0.4 is 5.32 Å². The van der Waals surface area contributed by atoms with Crippen LogP contribution in [-0.4, -0.2) is 43.7 Å². The lowest BCUT2D eigenvalue weighted by atomic mass is 9.83. The van der Waals surface area contributed by atoms with Gasteiger partial charge in [-0.3, -0.25) is 9.59 Å². The van der Waals surface area contributed by atoms with E-state index in [1.807, 2.05) is 6.92 Å². The predicted molar refractivity (Wildman–Crippen MR) is 97.4 cm³/mol. The fourth-order valence-electron chi connectivity index (χ4n) is 4.07. The van der Waals surface area contributed by atoms with Crippen LogP contribution in [0.5, 0.6) is 0 Å². The highest BCUT2D eigenvalue weighted by Crippen LogP contribution is 2.26. The molecule has 5 nitrogen and oxygen atoms in total. The molecule has 2 aliphatic carbocycles. The molecule has 0 aromatic rings. The van der Waals surface area contributed by atoms with Crippen molar-refractivity contribution in [2.75, 3.05) is 13.7 Å². The summed E-state index contributed by atoms with van der Waals surface area (Å²) in [6, 6.07) is 0.249. The van der Waals surface area contributed by atoms with Crippen molar-refractivity contribution >= 4 is 11.7 Å². The fourth-order valence-corrected chi connectivity index (χ4v) is 4.07. The Morgan fingerprint density at radius 3 is 2.20 bits per heavy atom. The Kier molecular flexibility index (Phi) is 8.90. The van der Waals surface area contributed by atoms with Crippen molar-refractivity contribution in [2.45, 2.75) is 95.8 Å². The summed E-state index contributed by atoms with van der Waals surface area (Å²) in [5, 5.41) is 3.13. The zero-order valence-electron chi connectivity index (χ0n) is 15.9. The van der Waals surface area contributed by atoms with Crippen molar-refractivity contribution in [1.82, 2.24) is 5.32 Å². The molecule has 0 saturated heterocycles. The van der Waals surface area contributed by atoms with Gasteiger partial charge < -0.3 is 14.8 Å². The number of hydrogen-bond acceptors (Lipinski definition) is 4. The Morgan fingerprint density at radius 2 is 1.60 bits per heavy atom. The molecule has 2 aliphatic rings. The molecule has 2 saturated carbocycles. The summed E-state index contributed by atoms with van der Waals surface area (Å²) in [6.07, 6.45) is 10.6. The van der Waals surface area contributed by atoms with Gasteiger partial charge in [-0.25, -0.2) is 0 Å². The molecule has 0 aromatic heterocycles. The van der Waals surface area contributed by atoms with Crippen molar-refractivity contribution in [3.05, 3.63) is 0 Å². The van der Waals surface area contributed by atoms with Gasteiger partial charge in [-0.2, -0.15) is 0 Å². The topological polar surface area (TPSA) is 64.6 Å². The van der Waals surface area contributed by atoms with Gasteiger partial charge in [-0.15, -0.1) is 0 Å². The molecule has 5 heteroatoms. The van der Waals surface area contributed by atoms with Crippen molar-refractivity contribution in [2.24, 2.45) is 5.92 Å². The molecule has 1 amide bonds. The maximum Gasteiger partial charge on any atom is 0.220 e. The first kappa shape index (κ1) is 20.4. The number of Topliss-reactive ketones (excluding diaryl/α,β-unsaturated/α-hetero) is 1. The van der Waals surface area contributed by atoms with Gasteiger partial charge in [0.25, 0.3) is 0 Å². The molecule has 2 rings (SSSR count). The van der Waals surface area contributed by atoms with E-state index in [9.17, 15) is 9.59 Å². The lowest BCUT2D eigenvalue weighted by molar-refractivity contribution is -0.124. The van der Waals surface area contributed by atoms with E-state index in [0.717, 1.165) is 57.8 Å². The second-order valence-corrected chi connectivity index (χ2v) is 7.54. The van der Waals surface area contributed by atoms with Gasteiger partial charge in [-0.1, -0.05) is 6.92 Å². The second kappa shape index (κ2) is 10.9. The summed E-state index contributed by atoms with van der Waals surface area (Å²) in [6.45, 7) is 2.59.